The summed E-state index contributed by atoms with van der Waals surface area (Å²) < 4.78 is 12.3. The number of nitrogens with one attached hydrogen (secondary N) is 1. The Morgan fingerprint density at radius 1 is 1.23 bits per heavy atom. The zero-order valence-corrected chi connectivity index (χ0v) is 14.6. The van der Waals surface area contributed by atoms with Gasteiger partial charge < -0.3 is 14.8 Å². The van der Waals surface area contributed by atoms with Gasteiger partial charge in [0.2, 0.25) is 6.79 Å². The highest BCUT2D eigenvalue weighted by Gasteiger charge is 2.20. The Balaban J connectivity index is 1.34. The molecule has 0 bridgehead atoms. The maximum Gasteiger partial charge on any atom is 0.251 e. The average Bonchev–Trinajstić information content (AvgIpc) is 3.34. The van der Waals surface area contributed by atoms with Crippen molar-refractivity contribution in [2.45, 2.75) is 6.42 Å². The minimum atomic E-state index is -0.196. The first-order valence-electron chi connectivity index (χ1n) is 8.17. The topological polar surface area (TPSA) is 65.4 Å². The van der Waals surface area contributed by atoms with E-state index in [-0.39, 0.29) is 12.7 Å². The molecular weight excluding hydrogens is 354 g/mol. The summed E-state index contributed by atoms with van der Waals surface area (Å²) in [4.78, 5) is 12.3. The number of hydrogen-bond acceptors (Lipinski definition) is 4. The van der Waals surface area contributed by atoms with Crippen molar-refractivity contribution < 1.29 is 14.3 Å². The number of nitrogens with zero attached hydrogens (tertiary/aromatic N) is 2. The predicted octanol–water partition coefficient (Wildman–Crippen LogP) is 3.23. The van der Waals surface area contributed by atoms with E-state index in [4.69, 9.17) is 21.1 Å². The van der Waals surface area contributed by atoms with E-state index in [9.17, 15) is 4.79 Å². The molecular formula is C19H16ClN3O3. The molecule has 0 radical (unpaired) electrons. The number of amides is 1. The Morgan fingerprint density at radius 3 is 2.85 bits per heavy atom. The Bertz CT molecular complexity index is 924. The standard InChI is InChI=1S/C19H16ClN3O3/c20-16-10-14(11-17-18(16)26-12-25-17)19(24)21-8-6-13-2-4-15(5-3-13)23-9-1-7-22-23/h1-5,7,9-11H,6,8,12H2,(H,21,24). The van der Waals surface area contributed by atoms with Crippen LogP contribution in [0.4, 0.5) is 0 Å². The molecule has 0 aliphatic carbocycles. The van der Waals surface area contributed by atoms with Crippen LogP contribution in [0.2, 0.25) is 5.02 Å². The van der Waals surface area contributed by atoms with Crippen molar-refractivity contribution in [2.75, 3.05) is 13.3 Å². The number of benzene rings is 2. The molecule has 2 aromatic carbocycles. The Labute approximate surface area is 155 Å². The van der Waals surface area contributed by atoms with E-state index < -0.39 is 0 Å². The first kappa shape index (κ1) is 16.5. The monoisotopic (exact) mass is 369 g/mol. The summed E-state index contributed by atoms with van der Waals surface area (Å²) in [5, 5.41) is 7.47. The maximum absolute atomic E-state index is 12.3. The van der Waals surface area contributed by atoms with E-state index in [0.717, 1.165) is 17.7 Å². The van der Waals surface area contributed by atoms with Crippen LogP contribution in [-0.4, -0.2) is 29.0 Å². The first-order valence-corrected chi connectivity index (χ1v) is 8.55. The maximum atomic E-state index is 12.3. The molecule has 0 saturated heterocycles. The molecule has 0 fully saturated rings. The Morgan fingerprint density at radius 2 is 2.08 bits per heavy atom. The molecule has 0 unspecified atom stereocenters. The van der Waals surface area contributed by atoms with Crippen LogP contribution in [0.15, 0.2) is 54.9 Å². The largest absolute Gasteiger partial charge is 0.454 e. The van der Waals surface area contributed by atoms with Gasteiger partial charge in [0.15, 0.2) is 11.5 Å². The van der Waals surface area contributed by atoms with Crippen molar-refractivity contribution in [1.29, 1.82) is 0 Å². The number of carbonyl (C=O) groups is 1. The summed E-state index contributed by atoms with van der Waals surface area (Å²) in [5.41, 5.74) is 2.58. The van der Waals surface area contributed by atoms with Crippen LogP contribution in [-0.2, 0) is 6.42 Å². The third kappa shape index (κ3) is 3.36. The summed E-state index contributed by atoms with van der Waals surface area (Å²) in [6.45, 7) is 0.640. The van der Waals surface area contributed by atoms with Crippen LogP contribution < -0.4 is 14.8 Å². The van der Waals surface area contributed by atoms with Gasteiger partial charge in [0.05, 0.1) is 10.7 Å². The highest BCUT2D eigenvalue weighted by molar-refractivity contribution is 6.32. The van der Waals surface area contributed by atoms with E-state index in [1.807, 2.05) is 36.5 Å². The second-order valence-corrected chi connectivity index (χ2v) is 6.22. The number of halogens is 1. The van der Waals surface area contributed by atoms with E-state index >= 15 is 0 Å². The van der Waals surface area contributed by atoms with Gasteiger partial charge in [-0.3, -0.25) is 4.79 Å². The fourth-order valence-corrected chi connectivity index (χ4v) is 3.02. The van der Waals surface area contributed by atoms with Gasteiger partial charge in [0, 0.05) is 24.5 Å². The number of hydrogen-bond donors (Lipinski definition) is 1. The smallest absolute Gasteiger partial charge is 0.251 e. The zero-order chi connectivity index (χ0) is 17.9. The Kier molecular flexibility index (Phi) is 4.50. The van der Waals surface area contributed by atoms with Gasteiger partial charge in [-0.1, -0.05) is 23.7 Å². The fourth-order valence-electron chi connectivity index (χ4n) is 2.76. The van der Waals surface area contributed by atoms with Crippen molar-refractivity contribution in [2.24, 2.45) is 0 Å². The molecule has 3 aromatic rings. The molecule has 7 heteroatoms. The molecule has 6 nitrogen and oxygen atoms in total. The minimum Gasteiger partial charge on any atom is -0.454 e. The normalized spacial score (nSPS) is 12.2. The van der Waals surface area contributed by atoms with Crippen LogP contribution in [0.5, 0.6) is 11.5 Å². The molecule has 2 heterocycles. The van der Waals surface area contributed by atoms with Crippen molar-refractivity contribution >= 4 is 17.5 Å². The van der Waals surface area contributed by atoms with E-state index in [1.165, 1.54) is 0 Å². The molecule has 1 N–H and O–H groups in total. The van der Waals surface area contributed by atoms with E-state index in [1.54, 1.807) is 23.0 Å². The highest BCUT2D eigenvalue weighted by Crippen LogP contribution is 2.39. The van der Waals surface area contributed by atoms with E-state index in [0.29, 0.717) is 28.6 Å². The molecule has 0 atom stereocenters. The summed E-state index contributed by atoms with van der Waals surface area (Å²) in [7, 11) is 0. The van der Waals surface area contributed by atoms with Gasteiger partial charge in [-0.25, -0.2) is 4.68 Å². The lowest BCUT2D eigenvalue weighted by atomic mass is 10.1. The van der Waals surface area contributed by atoms with Gasteiger partial charge >= 0.3 is 0 Å². The molecule has 132 valence electrons. The molecule has 1 aromatic heterocycles. The summed E-state index contributed by atoms with van der Waals surface area (Å²) in [6.07, 6.45) is 4.36. The van der Waals surface area contributed by atoms with Gasteiger partial charge in [-0.15, -0.1) is 0 Å². The fraction of sp³-hybridized carbons (Fsp3) is 0.158. The molecule has 1 aliphatic heterocycles. The highest BCUT2D eigenvalue weighted by atomic mass is 35.5. The number of carbonyl (C=O) groups excluding carboxylic acids is 1. The third-order valence-electron chi connectivity index (χ3n) is 4.09. The quantitative estimate of drug-likeness (QED) is 0.750. The molecule has 1 aliphatic rings. The van der Waals surface area contributed by atoms with Crippen molar-refractivity contribution in [3.05, 3.63) is 71.0 Å². The van der Waals surface area contributed by atoms with Crippen LogP contribution >= 0.6 is 11.6 Å². The summed E-state index contributed by atoms with van der Waals surface area (Å²) in [6, 6.07) is 13.2. The van der Waals surface area contributed by atoms with Crippen molar-refractivity contribution in [1.82, 2.24) is 15.1 Å². The van der Waals surface area contributed by atoms with Gasteiger partial charge in [0.25, 0.3) is 5.91 Å². The second kappa shape index (κ2) is 7.09. The molecule has 26 heavy (non-hydrogen) atoms. The number of aromatic nitrogens is 2. The molecule has 4 rings (SSSR count). The minimum absolute atomic E-state index is 0.120. The van der Waals surface area contributed by atoms with E-state index in [2.05, 4.69) is 10.4 Å². The molecule has 1 amide bonds. The lowest BCUT2D eigenvalue weighted by Crippen LogP contribution is -2.25. The van der Waals surface area contributed by atoms with Gasteiger partial charge in [-0.05, 0) is 42.3 Å². The molecule has 0 saturated carbocycles. The van der Waals surface area contributed by atoms with Gasteiger partial charge in [-0.2, -0.15) is 5.10 Å². The number of fused-ring (bicyclic) bond motifs is 1. The van der Waals surface area contributed by atoms with Crippen LogP contribution in [0, 0.1) is 0 Å². The lowest BCUT2D eigenvalue weighted by molar-refractivity contribution is 0.0953. The summed E-state index contributed by atoms with van der Waals surface area (Å²) >= 11 is 6.11. The predicted molar refractivity (Wildman–Crippen MR) is 97.2 cm³/mol. The second-order valence-electron chi connectivity index (χ2n) is 5.81. The van der Waals surface area contributed by atoms with Crippen LogP contribution in [0.3, 0.4) is 0 Å². The van der Waals surface area contributed by atoms with Crippen LogP contribution in [0.1, 0.15) is 15.9 Å². The van der Waals surface area contributed by atoms with Gasteiger partial charge in [0.1, 0.15) is 0 Å². The Hall–Kier alpha value is -2.99. The van der Waals surface area contributed by atoms with Crippen molar-refractivity contribution in [3.63, 3.8) is 0 Å². The van der Waals surface area contributed by atoms with Crippen molar-refractivity contribution in [3.8, 4) is 17.2 Å². The third-order valence-corrected chi connectivity index (χ3v) is 4.37. The first-order chi connectivity index (χ1) is 12.7. The lowest BCUT2D eigenvalue weighted by Gasteiger charge is -2.08. The number of ether oxygens (including phenoxy) is 2. The average molecular weight is 370 g/mol. The molecule has 0 spiro atoms. The zero-order valence-electron chi connectivity index (χ0n) is 13.8. The van der Waals surface area contributed by atoms with Crippen LogP contribution in [0.25, 0.3) is 5.69 Å². The summed E-state index contributed by atoms with van der Waals surface area (Å²) in [5.74, 6) is 0.788. The SMILES string of the molecule is O=C(NCCc1ccc(-n2cccn2)cc1)c1cc(Cl)c2c(c1)OCO2. The number of rotatable bonds is 5.